The molecule has 0 spiro atoms. The first-order chi connectivity index (χ1) is 8.24. The molecule has 2 unspecified atom stereocenters. The molecule has 2 atom stereocenters. The molecule has 0 N–H and O–H groups in total. The van der Waals surface area contributed by atoms with Crippen LogP contribution in [-0.4, -0.2) is 30.3 Å². The molecule has 2 saturated heterocycles. The second kappa shape index (κ2) is 4.46. The third-order valence-electron chi connectivity index (χ3n) is 3.52. The second-order valence-electron chi connectivity index (χ2n) is 4.97. The van der Waals surface area contributed by atoms with E-state index in [1.807, 2.05) is 13.0 Å². The lowest BCUT2D eigenvalue weighted by Gasteiger charge is -2.33. The van der Waals surface area contributed by atoms with E-state index in [9.17, 15) is 0 Å². The normalized spacial score (nSPS) is 27.5. The Morgan fingerprint density at radius 1 is 1.35 bits per heavy atom. The first-order valence-corrected chi connectivity index (χ1v) is 6.72. The Balaban J connectivity index is 1.86. The van der Waals surface area contributed by atoms with Crippen LogP contribution < -0.4 is 4.90 Å². The van der Waals surface area contributed by atoms with Gasteiger partial charge in [0.15, 0.2) is 0 Å². The standard InChI is InChI=1S/C13H17ClN2O/c1-9-4-10(6-14)5-13(15-9)16-7-11-2-3-12(8-16)17-11/h4-5,11-12H,2-3,6-8H2,1H3. The van der Waals surface area contributed by atoms with Crippen LogP contribution in [0.15, 0.2) is 12.1 Å². The van der Waals surface area contributed by atoms with Crippen LogP contribution in [0.2, 0.25) is 0 Å². The van der Waals surface area contributed by atoms with Gasteiger partial charge in [-0.3, -0.25) is 0 Å². The van der Waals surface area contributed by atoms with Crippen LogP contribution in [-0.2, 0) is 10.6 Å². The summed E-state index contributed by atoms with van der Waals surface area (Å²) in [5.74, 6) is 1.61. The summed E-state index contributed by atoms with van der Waals surface area (Å²) in [6.45, 7) is 3.96. The van der Waals surface area contributed by atoms with Gasteiger partial charge in [-0.15, -0.1) is 11.6 Å². The highest BCUT2D eigenvalue weighted by Gasteiger charge is 2.34. The maximum atomic E-state index is 5.91. The van der Waals surface area contributed by atoms with E-state index in [1.54, 1.807) is 0 Å². The smallest absolute Gasteiger partial charge is 0.129 e. The Labute approximate surface area is 107 Å². The summed E-state index contributed by atoms with van der Waals surface area (Å²) in [6.07, 6.45) is 3.18. The minimum absolute atomic E-state index is 0.399. The zero-order valence-corrected chi connectivity index (χ0v) is 10.8. The summed E-state index contributed by atoms with van der Waals surface area (Å²) in [7, 11) is 0. The number of fused-ring (bicyclic) bond motifs is 2. The molecule has 0 radical (unpaired) electrons. The van der Waals surface area contributed by atoms with Gasteiger partial charge in [0, 0.05) is 24.7 Å². The van der Waals surface area contributed by atoms with Crippen molar-refractivity contribution in [2.24, 2.45) is 0 Å². The molecule has 1 aromatic rings. The van der Waals surface area contributed by atoms with Gasteiger partial charge in [0.05, 0.1) is 12.2 Å². The average molecular weight is 253 g/mol. The highest BCUT2D eigenvalue weighted by atomic mass is 35.5. The lowest BCUT2D eigenvalue weighted by molar-refractivity contribution is 0.0302. The van der Waals surface area contributed by atoms with E-state index < -0.39 is 0 Å². The fourth-order valence-corrected chi connectivity index (χ4v) is 2.92. The number of alkyl halides is 1. The number of rotatable bonds is 2. The van der Waals surface area contributed by atoms with Gasteiger partial charge in [-0.05, 0) is 37.5 Å². The number of nitrogens with zero attached hydrogens (tertiary/aromatic N) is 2. The number of hydrogen-bond acceptors (Lipinski definition) is 3. The van der Waals surface area contributed by atoms with Crippen molar-refractivity contribution in [3.63, 3.8) is 0 Å². The van der Waals surface area contributed by atoms with Crippen LogP contribution in [0.25, 0.3) is 0 Å². The molecule has 1 aromatic heterocycles. The van der Waals surface area contributed by atoms with E-state index in [1.165, 1.54) is 12.8 Å². The highest BCUT2D eigenvalue weighted by Crippen LogP contribution is 2.29. The average Bonchev–Trinajstić information content (AvgIpc) is 2.67. The number of anilines is 1. The van der Waals surface area contributed by atoms with Crippen molar-refractivity contribution < 1.29 is 4.74 Å². The number of ether oxygens (including phenoxy) is 1. The van der Waals surface area contributed by atoms with Gasteiger partial charge in [-0.1, -0.05) is 0 Å². The number of aromatic nitrogens is 1. The van der Waals surface area contributed by atoms with Crippen LogP contribution in [0, 0.1) is 6.92 Å². The number of pyridine rings is 1. The fourth-order valence-electron chi connectivity index (χ4n) is 2.76. The van der Waals surface area contributed by atoms with Gasteiger partial charge in [-0.25, -0.2) is 4.98 Å². The molecule has 92 valence electrons. The van der Waals surface area contributed by atoms with Crippen LogP contribution >= 0.6 is 11.6 Å². The van der Waals surface area contributed by atoms with E-state index in [0.29, 0.717) is 18.1 Å². The Kier molecular flexibility index (Phi) is 2.97. The molecule has 2 aliphatic heterocycles. The summed E-state index contributed by atoms with van der Waals surface area (Å²) >= 11 is 5.91. The van der Waals surface area contributed by atoms with Crippen molar-refractivity contribution >= 4 is 17.4 Å². The number of halogens is 1. The first kappa shape index (κ1) is 11.3. The molecule has 2 aliphatic rings. The van der Waals surface area contributed by atoms with Crippen LogP contribution in [0.3, 0.4) is 0 Å². The molecule has 0 aliphatic carbocycles. The molecule has 17 heavy (non-hydrogen) atoms. The number of morpholine rings is 1. The maximum Gasteiger partial charge on any atom is 0.129 e. The number of aryl methyl sites for hydroxylation is 1. The zero-order chi connectivity index (χ0) is 11.8. The molecule has 3 heterocycles. The topological polar surface area (TPSA) is 25.4 Å². The van der Waals surface area contributed by atoms with Crippen molar-refractivity contribution in [2.75, 3.05) is 18.0 Å². The third kappa shape index (κ3) is 2.26. The monoisotopic (exact) mass is 252 g/mol. The van der Waals surface area contributed by atoms with Crippen molar-refractivity contribution in [1.29, 1.82) is 0 Å². The van der Waals surface area contributed by atoms with Gasteiger partial charge in [0.2, 0.25) is 0 Å². The molecule has 0 amide bonds. The summed E-state index contributed by atoms with van der Waals surface area (Å²) in [5, 5.41) is 0. The van der Waals surface area contributed by atoms with Crippen molar-refractivity contribution in [2.45, 2.75) is 37.9 Å². The molecule has 3 rings (SSSR count). The summed E-state index contributed by atoms with van der Waals surface area (Å²) < 4.78 is 5.84. The first-order valence-electron chi connectivity index (χ1n) is 6.18. The zero-order valence-electron chi connectivity index (χ0n) is 10.0. The molecular weight excluding hydrogens is 236 g/mol. The molecule has 2 fully saturated rings. The third-order valence-corrected chi connectivity index (χ3v) is 3.83. The van der Waals surface area contributed by atoms with Gasteiger partial charge < -0.3 is 9.64 Å². The molecule has 0 saturated carbocycles. The second-order valence-corrected chi connectivity index (χ2v) is 5.24. The van der Waals surface area contributed by atoms with Crippen LogP contribution in [0.5, 0.6) is 0 Å². The quantitative estimate of drug-likeness (QED) is 0.757. The predicted molar refractivity (Wildman–Crippen MR) is 68.6 cm³/mol. The van der Waals surface area contributed by atoms with Crippen LogP contribution in [0.1, 0.15) is 24.1 Å². The summed E-state index contributed by atoms with van der Waals surface area (Å²) in [6, 6.07) is 4.15. The maximum absolute atomic E-state index is 5.91. The van der Waals surface area contributed by atoms with Gasteiger partial charge in [-0.2, -0.15) is 0 Å². The van der Waals surface area contributed by atoms with Gasteiger partial charge in [0.1, 0.15) is 5.82 Å². The van der Waals surface area contributed by atoms with Crippen molar-refractivity contribution in [3.05, 3.63) is 23.4 Å². The minimum atomic E-state index is 0.399. The molecular formula is C13H17ClN2O. The van der Waals surface area contributed by atoms with Crippen molar-refractivity contribution in [3.8, 4) is 0 Å². The largest absolute Gasteiger partial charge is 0.371 e. The van der Waals surface area contributed by atoms with E-state index in [0.717, 1.165) is 30.2 Å². The molecule has 0 aromatic carbocycles. The molecule has 4 heteroatoms. The Hall–Kier alpha value is -0.800. The highest BCUT2D eigenvalue weighted by molar-refractivity contribution is 6.17. The minimum Gasteiger partial charge on any atom is -0.371 e. The van der Waals surface area contributed by atoms with E-state index >= 15 is 0 Å². The van der Waals surface area contributed by atoms with Gasteiger partial charge in [0.25, 0.3) is 0 Å². The Morgan fingerprint density at radius 2 is 2.06 bits per heavy atom. The molecule has 3 nitrogen and oxygen atoms in total. The van der Waals surface area contributed by atoms with Gasteiger partial charge >= 0.3 is 0 Å². The fraction of sp³-hybridized carbons (Fsp3) is 0.615. The van der Waals surface area contributed by atoms with E-state index in [2.05, 4.69) is 16.0 Å². The Bertz CT molecular complexity index is 412. The van der Waals surface area contributed by atoms with Crippen LogP contribution in [0.4, 0.5) is 5.82 Å². The Morgan fingerprint density at radius 3 is 2.71 bits per heavy atom. The summed E-state index contributed by atoms with van der Waals surface area (Å²) in [5.41, 5.74) is 2.19. The lowest BCUT2D eigenvalue weighted by Crippen LogP contribution is -2.43. The number of hydrogen-bond donors (Lipinski definition) is 0. The van der Waals surface area contributed by atoms with Crippen molar-refractivity contribution in [1.82, 2.24) is 4.98 Å². The molecule has 2 bridgehead atoms. The van der Waals surface area contributed by atoms with E-state index in [-0.39, 0.29) is 0 Å². The van der Waals surface area contributed by atoms with E-state index in [4.69, 9.17) is 16.3 Å². The predicted octanol–water partition coefficient (Wildman–Crippen LogP) is 2.50. The SMILES string of the molecule is Cc1cc(CCl)cc(N2CC3CCC(C2)O3)n1. The summed E-state index contributed by atoms with van der Waals surface area (Å²) in [4.78, 5) is 6.96. The lowest BCUT2D eigenvalue weighted by atomic mass is 10.2.